The summed E-state index contributed by atoms with van der Waals surface area (Å²) in [5.74, 6) is -0.189. The molecule has 0 saturated carbocycles. The van der Waals surface area contributed by atoms with Crippen molar-refractivity contribution in [3.05, 3.63) is 59.2 Å². The molecular formula is C22H23N3O4S. The lowest BCUT2D eigenvalue weighted by Gasteiger charge is -2.15. The second-order valence-electron chi connectivity index (χ2n) is 7.68. The number of sulfone groups is 1. The van der Waals surface area contributed by atoms with Crippen LogP contribution in [0, 0.1) is 0 Å². The van der Waals surface area contributed by atoms with E-state index in [9.17, 15) is 13.2 Å². The number of amides is 1. The number of carbonyl (C=O) groups excluding carboxylic acids is 1. The van der Waals surface area contributed by atoms with Crippen LogP contribution in [0.4, 0.5) is 6.01 Å². The van der Waals surface area contributed by atoms with E-state index in [4.69, 9.17) is 4.42 Å². The maximum absolute atomic E-state index is 12.6. The molecule has 4 rings (SSSR count). The van der Waals surface area contributed by atoms with Crippen molar-refractivity contribution < 1.29 is 17.6 Å². The van der Waals surface area contributed by atoms with Gasteiger partial charge in [0, 0.05) is 11.1 Å². The minimum Gasteiger partial charge on any atom is -0.403 e. The van der Waals surface area contributed by atoms with Crippen molar-refractivity contribution in [1.29, 1.82) is 0 Å². The van der Waals surface area contributed by atoms with Gasteiger partial charge >= 0.3 is 6.01 Å². The van der Waals surface area contributed by atoms with Gasteiger partial charge in [-0.3, -0.25) is 10.1 Å². The minimum atomic E-state index is -3.48. The molecule has 0 fully saturated rings. The van der Waals surface area contributed by atoms with Gasteiger partial charge in [-0.05, 0) is 81.0 Å². The van der Waals surface area contributed by atoms with Crippen LogP contribution in [0.1, 0.15) is 48.2 Å². The summed E-state index contributed by atoms with van der Waals surface area (Å²) in [7, 11) is -3.48. The monoisotopic (exact) mass is 425 g/mol. The molecule has 0 atom stereocenters. The SMILES string of the molecule is CC(C)S(=O)(=O)c1cccc(C(=O)Nc2nnc(-c3ccc4c(c3)CCCC4)o2)c1. The Morgan fingerprint density at radius 2 is 1.80 bits per heavy atom. The molecule has 2 aromatic carbocycles. The third-order valence-electron chi connectivity index (χ3n) is 5.29. The highest BCUT2D eigenvalue weighted by Gasteiger charge is 2.21. The van der Waals surface area contributed by atoms with E-state index < -0.39 is 21.0 Å². The predicted octanol–water partition coefficient (Wildman–Crippen LogP) is 4.05. The van der Waals surface area contributed by atoms with Crippen LogP contribution in [0.5, 0.6) is 0 Å². The van der Waals surface area contributed by atoms with Crippen LogP contribution in [0.15, 0.2) is 51.8 Å². The van der Waals surface area contributed by atoms with Crippen molar-refractivity contribution in [3.8, 4) is 11.5 Å². The fraction of sp³-hybridized carbons (Fsp3) is 0.318. The molecule has 0 bridgehead atoms. The molecule has 1 aliphatic rings. The van der Waals surface area contributed by atoms with Gasteiger partial charge in [-0.25, -0.2) is 8.42 Å². The Morgan fingerprint density at radius 3 is 2.57 bits per heavy atom. The molecule has 1 N–H and O–H groups in total. The first-order valence-electron chi connectivity index (χ1n) is 9.95. The summed E-state index contributed by atoms with van der Waals surface area (Å²) in [6, 6.07) is 12.0. The van der Waals surface area contributed by atoms with Gasteiger partial charge in [-0.1, -0.05) is 17.2 Å². The summed E-state index contributed by atoms with van der Waals surface area (Å²) >= 11 is 0. The fourth-order valence-electron chi connectivity index (χ4n) is 3.51. The van der Waals surface area contributed by atoms with Crippen molar-refractivity contribution in [1.82, 2.24) is 10.2 Å². The molecule has 8 heteroatoms. The molecule has 0 saturated heterocycles. The van der Waals surface area contributed by atoms with E-state index in [1.807, 2.05) is 6.07 Å². The second kappa shape index (κ2) is 8.02. The average Bonchev–Trinajstić information content (AvgIpc) is 3.21. The molecule has 1 aromatic heterocycles. The quantitative estimate of drug-likeness (QED) is 0.662. The third-order valence-corrected chi connectivity index (χ3v) is 7.44. The predicted molar refractivity (Wildman–Crippen MR) is 113 cm³/mol. The zero-order valence-corrected chi connectivity index (χ0v) is 17.7. The number of aryl methyl sites for hydroxylation is 2. The highest BCUT2D eigenvalue weighted by atomic mass is 32.2. The van der Waals surface area contributed by atoms with Crippen LogP contribution in [-0.4, -0.2) is 29.8 Å². The molecule has 0 spiro atoms. The molecule has 0 unspecified atom stereocenters. The van der Waals surface area contributed by atoms with E-state index in [0.29, 0.717) is 5.89 Å². The number of benzene rings is 2. The van der Waals surface area contributed by atoms with E-state index in [1.54, 1.807) is 13.8 Å². The Bertz CT molecular complexity index is 1200. The van der Waals surface area contributed by atoms with Gasteiger partial charge in [0.15, 0.2) is 9.84 Å². The summed E-state index contributed by atoms with van der Waals surface area (Å²) < 4.78 is 30.3. The van der Waals surface area contributed by atoms with Crippen molar-refractivity contribution in [2.75, 3.05) is 5.32 Å². The zero-order valence-electron chi connectivity index (χ0n) is 16.9. The first kappa shape index (κ1) is 20.3. The van der Waals surface area contributed by atoms with Gasteiger partial charge in [0.25, 0.3) is 5.91 Å². The summed E-state index contributed by atoms with van der Waals surface area (Å²) in [6.07, 6.45) is 4.51. The van der Waals surface area contributed by atoms with Crippen LogP contribution in [0.2, 0.25) is 0 Å². The largest absolute Gasteiger partial charge is 0.403 e. The molecule has 0 radical (unpaired) electrons. The number of hydrogen-bond donors (Lipinski definition) is 1. The first-order valence-corrected chi connectivity index (χ1v) is 11.5. The zero-order chi connectivity index (χ0) is 21.3. The van der Waals surface area contributed by atoms with E-state index >= 15 is 0 Å². The van der Waals surface area contributed by atoms with E-state index in [1.165, 1.54) is 48.2 Å². The molecule has 0 aliphatic heterocycles. The van der Waals surface area contributed by atoms with Crippen LogP contribution in [0.25, 0.3) is 11.5 Å². The molecule has 1 aliphatic carbocycles. The van der Waals surface area contributed by atoms with Gasteiger partial charge in [0.2, 0.25) is 5.89 Å². The molecule has 3 aromatic rings. The maximum Gasteiger partial charge on any atom is 0.322 e. The molecule has 1 heterocycles. The molecule has 156 valence electrons. The number of aromatic nitrogens is 2. The number of anilines is 1. The number of nitrogens with one attached hydrogen (secondary N) is 1. The molecule has 7 nitrogen and oxygen atoms in total. The number of hydrogen-bond acceptors (Lipinski definition) is 6. The third kappa shape index (κ3) is 4.00. The summed E-state index contributed by atoms with van der Waals surface area (Å²) in [5.41, 5.74) is 3.67. The van der Waals surface area contributed by atoms with E-state index in [0.717, 1.165) is 18.4 Å². The van der Waals surface area contributed by atoms with Gasteiger partial charge in [-0.2, -0.15) is 0 Å². The highest BCUT2D eigenvalue weighted by Crippen LogP contribution is 2.27. The topological polar surface area (TPSA) is 102 Å². The van der Waals surface area contributed by atoms with Crippen LogP contribution in [-0.2, 0) is 22.7 Å². The van der Waals surface area contributed by atoms with Crippen molar-refractivity contribution in [3.63, 3.8) is 0 Å². The Morgan fingerprint density at radius 1 is 1.03 bits per heavy atom. The van der Waals surface area contributed by atoms with Crippen LogP contribution >= 0.6 is 0 Å². The van der Waals surface area contributed by atoms with Crippen LogP contribution in [0.3, 0.4) is 0 Å². The van der Waals surface area contributed by atoms with Gasteiger partial charge in [0.05, 0.1) is 10.1 Å². The molecular weight excluding hydrogens is 402 g/mol. The van der Waals surface area contributed by atoms with Gasteiger partial charge < -0.3 is 4.42 Å². The lowest BCUT2D eigenvalue weighted by molar-refractivity contribution is 0.102. The summed E-state index contributed by atoms with van der Waals surface area (Å²) in [6.45, 7) is 3.20. The van der Waals surface area contributed by atoms with Crippen LogP contribution < -0.4 is 5.32 Å². The standard InChI is InChI=1S/C22H23N3O4S/c1-14(2)30(27,28)19-9-5-8-17(13-19)20(26)23-22-25-24-21(29-22)18-11-10-15-6-3-4-7-16(15)12-18/h5,8-14H,3-4,6-7H2,1-2H3,(H,23,25,26). The van der Waals surface area contributed by atoms with Gasteiger partial charge in [-0.15, -0.1) is 5.10 Å². The smallest absolute Gasteiger partial charge is 0.322 e. The number of rotatable bonds is 5. The normalized spacial score (nSPS) is 13.8. The number of fused-ring (bicyclic) bond motifs is 1. The van der Waals surface area contributed by atoms with Crippen molar-refractivity contribution in [2.45, 2.75) is 49.7 Å². The van der Waals surface area contributed by atoms with Crippen molar-refractivity contribution >= 4 is 21.8 Å². The number of nitrogens with zero attached hydrogens (tertiary/aromatic N) is 2. The molecule has 1 amide bonds. The second-order valence-corrected chi connectivity index (χ2v) is 10.2. The van der Waals surface area contributed by atoms with Gasteiger partial charge in [0.1, 0.15) is 0 Å². The Balaban J connectivity index is 1.52. The highest BCUT2D eigenvalue weighted by molar-refractivity contribution is 7.92. The Kier molecular flexibility index (Phi) is 5.42. The summed E-state index contributed by atoms with van der Waals surface area (Å²) in [5, 5.41) is 9.90. The lowest BCUT2D eigenvalue weighted by atomic mass is 9.90. The number of carbonyl (C=O) groups is 1. The Labute approximate surface area is 175 Å². The summed E-state index contributed by atoms with van der Waals surface area (Å²) in [4.78, 5) is 12.7. The average molecular weight is 426 g/mol. The maximum atomic E-state index is 12.6. The van der Waals surface area contributed by atoms with Crippen molar-refractivity contribution in [2.24, 2.45) is 0 Å². The molecule has 30 heavy (non-hydrogen) atoms. The Hall–Kier alpha value is -3.00. The first-order chi connectivity index (χ1) is 14.3. The minimum absolute atomic E-state index is 0.0372. The lowest BCUT2D eigenvalue weighted by Crippen LogP contribution is -2.16. The fourth-order valence-corrected chi connectivity index (χ4v) is 4.62. The van der Waals surface area contributed by atoms with E-state index in [-0.39, 0.29) is 16.5 Å². The van der Waals surface area contributed by atoms with E-state index in [2.05, 4.69) is 27.6 Å².